The van der Waals surface area contributed by atoms with Crippen LogP contribution in [0.2, 0.25) is 0 Å². The zero-order valence-electron chi connectivity index (χ0n) is 12.5. The molecule has 0 heterocycles. The molecule has 0 unspecified atom stereocenters. The number of ether oxygens (including phenoxy) is 1. The number of rotatable bonds is 7. The fraction of sp³-hybridized carbons (Fsp3) is 0.250. The molecule has 2 aromatic carbocycles. The Bertz CT molecular complexity index is 702. The minimum Gasteiger partial charge on any atom is -0.495 e. The summed E-state index contributed by atoms with van der Waals surface area (Å²) in [7, 11) is -2.22. The van der Waals surface area contributed by atoms with E-state index in [9.17, 15) is 8.42 Å². The Labute approximate surface area is 131 Å². The summed E-state index contributed by atoms with van der Waals surface area (Å²) in [6, 6.07) is 16.0. The van der Waals surface area contributed by atoms with Gasteiger partial charge in [0.2, 0.25) is 10.0 Å². The maximum atomic E-state index is 12.9. The van der Waals surface area contributed by atoms with E-state index in [1.807, 2.05) is 30.3 Å². The van der Waals surface area contributed by atoms with E-state index < -0.39 is 10.0 Å². The predicted octanol–water partition coefficient (Wildman–Crippen LogP) is 1.84. The first-order valence-electron chi connectivity index (χ1n) is 6.96. The highest BCUT2D eigenvalue weighted by Crippen LogP contribution is 2.27. The van der Waals surface area contributed by atoms with Gasteiger partial charge >= 0.3 is 0 Å². The monoisotopic (exact) mass is 320 g/mol. The molecule has 2 aromatic rings. The van der Waals surface area contributed by atoms with Gasteiger partial charge in [-0.05, 0) is 17.7 Å². The van der Waals surface area contributed by atoms with Crippen LogP contribution in [0, 0.1) is 0 Å². The van der Waals surface area contributed by atoms with E-state index in [4.69, 9.17) is 10.5 Å². The summed E-state index contributed by atoms with van der Waals surface area (Å²) in [6.07, 6.45) is 0. The molecule has 0 atom stereocenters. The standard InChI is InChI=1S/C16H20N2O3S/c1-21-15-9-5-6-10-16(15)22(19,20)18(12-11-17)13-14-7-3-2-4-8-14/h2-10H,11-13,17H2,1H3. The summed E-state index contributed by atoms with van der Waals surface area (Å²) in [5, 5.41) is 0. The second-order valence-electron chi connectivity index (χ2n) is 4.76. The van der Waals surface area contributed by atoms with Gasteiger partial charge in [0.05, 0.1) is 7.11 Å². The van der Waals surface area contributed by atoms with Gasteiger partial charge in [0.25, 0.3) is 0 Å². The van der Waals surface area contributed by atoms with Crippen molar-refractivity contribution >= 4 is 10.0 Å². The lowest BCUT2D eigenvalue weighted by molar-refractivity contribution is 0.388. The summed E-state index contributed by atoms with van der Waals surface area (Å²) >= 11 is 0. The molecule has 5 nitrogen and oxygen atoms in total. The van der Waals surface area contributed by atoms with E-state index in [1.54, 1.807) is 24.3 Å². The number of methoxy groups -OCH3 is 1. The molecule has 0 radical (unpaired) electrons. The van der Waals surface area contributed by atoms with Crippen LogP contribution < -0.4 is 10.5 Å². The summed E-state index contributed by atoms with van der Waals surface area (Å²) in [4.78, 5) is 0.155. The van der Waals surface area contributed by atoms with Gasteiger partial charge in [-0.1, -0.05) is 42.5 Å². The fourth-order valence-electron chi connectivity index (χ4n) is 2.19. The lowest BCUT2D eigenvalue weighted by Crippen LogP contribution is -2.35. The van der Waals surface area contributed by atoms with Crippen LogP contribution in [0.15, 0.2) is 59.5 Å². The van der Waals surface area contributed by atoms with Crippen molar-refractivity contribution in [1.29, 1.82) is 0 Å². The van der Waals surface area contributed by atoms with Gasteiger partial charge in [0.15, 0.2) is 0 Å². The van der Waals surface area contributed by atoms with Gasteiger partial charge in [0, 0.05) is 19.6 Å². The average Bonchev–Trinajstić information content (AvgIpc) is 2.55. The maximum absolute atomic E-state index is 12.9. The van der Waals surface area contributed by atoms with Crippen LogP contribution in [0.25, 0.3) is 0 Å². The number of nitrogens with zero attached hydrogens (tertiary/aromatic N) is 1. The molecule has 0 aliphatic rings. The SMILES string of the molecule is COc1ccccc1S(=O)(=O)N(CCN)Cc1ccccc1. The third-order valence-corrected chi connectivity index (χ3v) is 5.15. The van der Waals surface area contributed by atoms with Gasteiger partial charge in [-0.3, -0.25) is 0 Å². The van der Waals surface area contributed by atoms with E-state index in [1.165, 1.54) is 11.4 Å². The van der Waals surface area contributed by atoms with Crippen LogP contribution >= 0.6 is 0 Å². The zero-order chi connectivity index (χ0) is 16.0. The van der Waals surface area contributed by atoms with Gasteiger partial charge in [0.1, 0.15) is 10.6 Å². The topological polar surface area (TPSA) is 72.6 Å². The molecule has 118 valence electrons. The molecule has 0 aliphatic heterocycles. The molecular formula is C16H20N2O3S. The van der Waals surface area contributed by atoms with Crippen LogP contribution in [0.1, 0.15) is 5.56 Å². The van der Waals surface area contributed by atoms with Gasteiger partial charge in [-0.2, -0.15) is 4.31 Å². The third kappa shape index (κ3) is 3.65. The maximum Gasteiger partial charge on any atom is 0.247 e. The molecule has 0 fully saturated rings. The van der Waals surface area contributed by atoms with E-state index >= 15 is 0 Å². The minimum absolute atomic E-state index is 0.155. The normalized spacial score (nSPS) is 11.6. The van der Waals surface area contributed by atoms with Crippen molar-refractivity contribution in [3.63, 3.8) is 0 Å². The van der Waals surface area contributed by atoms with E-state index in [0.29, 0.717) is 5.75 Å². The molecule has 0 amide bonds. The average molecular weight is 320 g/mol. The predicted molar refractivity (Wildman–Crippen MR) is 86.1 cm³/mol. The lowest BCUT2D eigenvalue weighted by atomic mass is 10.2. The smallest absolute Gasteiger partial charge is 0.247 e. The second-order valence-corrected chi connectivity index (χ2v) is 6.67. The van der Waals surface area contributed by atoms with Crippen molar-refractivity contribution in [2.24, 2.45) is 5.73 Å². The van der Waals surface area contributed by atoms with E-state index in [0.717, 1.165) is 5.56 Å². The Hall–Kier alpha value is -1.89. The Morgan fingerprint density at radius 3 is 2.32 bits per heavy atom. The van der Waals surface area contributed by atoms with Crippen molar-refractivity contribution in [1.82, 2.24) is 4.31 Å². The lowest BCUT2D eigenvalue weighted by Gasteiger charge is -2.22. The number of benzene rings is 2. The highest BCUT2D eigenvalue weighted by atomic mass is 32.2. The molecule has 0 spiro atoms. The fourth-order valence-corrected chi connectivity index (χ4v) is 3.79. The van der Waals surface area contributed by atoms with Gasteiger partial charge in [-0.15, -0.1) is 0 Å². The molecule has 0 bridgehead atoms. The quantitative estimate of drug-likeness (QED) is 0.845. The van der Waals surface area contributed by atoms with Gasteiger partial charge < -0.3 is 10.5 Å². The van der Waals surface area contributed by atoms with Crippen LogP contribution in [0.4, 0.5) is 0 Å². The first-order chi connectivity index (χ1) is 10.6. The zero-order valence-corrected chi connectivity index (χ0v) is 13.3. The molecule has 0 saturated heterocycles. The van der Waals surface area contributed by atoms with Crippen LogP contribution in [-0.2, 0) is 16.6 Å². The number of sulfonamides is 1. The van der Waals surface area contributed by atoms with Crippen LogP contribution in [0.3, 0.4) is 0 Å². The van der Waals surface area contributed by atoms with E-state index in [2.05, 4.69) is 0 Å². The van der Waals surface area contributed by atoms with Crippen molar-refractivity contribution in [2.45, 2.75) is 11.4 Å². The molecular weight excluding hydrogens is 300 g/mol. The number of nitrogens with two attached hydrogens (primary N) is 1. The molecule has 22 heavy (non-hydrogen) atoms. The van der Waals surface area contributed by atoms with Crippen molar-refractivity contribution in [3.05, 3.63) is 60.2 Å². The number of hydrogen-bond acceptors (Lipinski definition) is 4. The summed E-state index contributed by atoms with van der Waals surface area (Å²) in [5.41, 5.74) is 6.50. The van der Waals surface area contributed by atoms with Crippen LogP contribution in [-0.4, -0.2) is 32.9 Å². The number of para-hydroxylation sites is 1. The molecule has 2 rings (SSSR count). The molecule has 2 N–H and O–H groups in total. The first kappa shape index (κ1) is 16.5. The molecule has 0 aliphatic carbocycles. The van der Waals surface area contributed by atoms with Crippen LogP contribution in [0.5, 0.6) is 5.75 Å². The summed E-state index contributed by atoms with van der Waals surface area (Å²) in [6.45, 7) is 0.773. The number of hydrogen-bond donors (Lipinski definition) is 1. The van der Waals surface area contributed by atoms with Gasteiger partial charge in [-0.25, -0.2) is 8.42 Å². The third-order valence-electron chi connectivity index (χ3n) is 3.27. The largest absolute Gasteiger partial charge is 0.495 e. The van der Waals surface area contributed by atoms with Crippen molar-refractivity contribution < 1.29 is 13.2 Å². The minimum atomic E-state index is -3.68. The Kier molecular flexibility index (Phi) is 5.54. The van der Waals surface area contributed by atoms with Crippen molar-refractivity contribution in [3.8, 4) is 5.75 Å². The second kappa shape index (κ2) is 7.40. The molecule has 0 saturated carbocycles. The Morgan fingerprint density at radius 2 is 1.68 bits per heavy atom. The molecule has 6 heteroatoms. The Morgan fingerprint density at radius 1 is 1.05 bits per heavy atom. The molecule has 0 aromatic heterocycles. The summed E-state index contributed by atoms with van der Waals surface area (Å²) < 4.78 is 32.3. The first-order valence-corrected chi connectivity index (χ1v) is 8.40. The Balaban J connectivity index is 2.38. The highest BCUT2D eigenvalue weighted by Gasteiger charge is 2.27. The van der Waals surface area contributed by atoms with Crippen molar-refractivity contribution in [2.75, 3.05) is 20.2 Å². The highest BCUT2D eigenvalue weighted by molar-refractivity contribution is 7.89. The van der Waals surface area contributed by atoms with E-state index in [-0.39, 0.29) is 24.5 Å². The summed E-state index contributed by atoms with van der Waals surface area (Å²) in [5.74, 6) is 0.331.